The molecule has 1 N–H and O–H groups in total. The average molecular weight is 418 g/mol. The molecular weight excluding hydrogens is 386 g/mol. The number of hydrogen-bond acceptors (Lipinski definition) is 6. The van der Waals surface area contributed by atoms with Gasteiger partial charge in [0.25, 0.3) is 0 Å². The molecule has 2 aliphatic rings. The van der Waals surface area contributed by atoms with Crippen LogP contribution in [-0.2, 0) is 30.4 Å². The van der Waals surface area contributed by atoms with E-state index in [-0.39, 0.29) is 24.2 Å². The SMILES string of the molecule is COCCN1C(=O)CC(C(=O)OC)C12CCN(Cc1ccc(NC(C)=O)cc1)CC2. The molecule has 2 aliphatic heterocycles. The second-order valence-electron chi connectivity index (χ2n) is 8.08. The molecule has 0 saturated carbocycles. The van der Waals surface area contributed by atoms with Crippen molar-refractivity contribution < 1.29 is 23.9 Å². The van der Waals surface area contributed by atoms with Gasteiger partial charge in [0.2, 0.25) is 11.8 Å². The largest absolute Gasteiger partial charge is 0.469 e. The Bertz CT molecular complexity index is 771. The lowest BCUT2D eigenvalue weighted by Gasteiger charge is -2.47. The number of nitrogens with one attached hydrogen (secondary N) is 1. The van der Waals surface area contributed by atoms with Gasteiger partial charge in [-0.15, -0.1) is 0 Å². The van der Waals surface area contributed by atoms with E-state index in [2.05, 4.69) is 10.2 Å². The molecule has 8 nitrogen and oxygen atoms in total. The first-order chi connectivity index (χ1) is 14.4. The van der Waals surface area contributed by atoms with Crippen molar-refractivity contribution in [2.45, 2.75) is 38.3 Å². The van der Waals surface area contributed by atoms with Gasteiger partial charge in [0.15, 0.2) is 0 Å². The van der Waals surface area contributed by atoms with Crippen molar-refractivity contribution >= 4 is 23.5 Å². The molecule has 0 bridgehead atoms. The average Bonchev–Trinajstić information content (AvgIpc) is 3.00. The van der Waals surface area contributed by atoms with Crippen LogP contribution in [-0.4, -0.2) is 73.6 Å². The lowest BCUT2D eigenvalue weighted by Crippen LogP contribution is -2.58. The molecule has 1 unspecified atom stereocenters. The van der Waals surface area contributed by atoms with Gasteiger partial charge in [-0.2, -0.15) is 0 Å². The molecule has 2 fully saturated rings. The van der Waals surface area contributed by atoms with E-state index in [1.807, 2.05) is 29.2 Å². The molecule has 2 saturated heterocycles. The number of amides is 2. The predicted molar refractivity (Wildman–Crippen MR) is 112 cm³/mol. The summed E-state index contributed by atoms with van der Waals surface area (Å²) in [6.45, 7) is 4.79. The molecule has 2 heterocycles. The second kappa shape index (κ2) is 9.57. The zero-order valence-electron chi connectivity index (χ0n) is 18.0. The van der Waals surface area contributed by atoms with Crippen molar-refractivity contribution in [2.75, 3.05) is 45.8 Å². The fourth-order valence-corrected chi connectivity index (χ4v) is 4.76. The Kier molecular flexibility index (Phi) is 7.10. The van der Waals surface area contributed by atoms with Crippen molar-refractivity contribution in [3.63, 3.8) is 0 Å². The van der Waals surface area contributed by atoms with Crippen LogP contribution >= 0.6 is 0 Å². The minimum Gasteiger partial charge on any atom is -0.469 e. The Morgan fingerprint density at radius 3 is 2.40 bits per heavy atom. The summed E-state index contributed by atoms with van der Waals surface area (Å²) in [5, 5.41) is 2.77. The highest BCUT2D eigenvalue weighted by molar-refractivity contribution is 5.89. The van der Waals surface area contributed by atoms with E-state index in [4.69, 9.17) is 9.47 Å². The third kappa shape index (κ3) is 4.65. The van der Waals surface area contributed by atoms with Gasteiger partial charge >= 0.3 is 5.97 Å². The van der Waals surface area contributed by atoms with Gasteiger partial charge in [-0.05, 0) is 30.5 Å². The number of esters is 1. The Morgan fingerprint density at radius 2 is 1.83 bits per heavy atom. The number of hydrogen-bond donors (Lipinski definition) is 1. The maximum Gasteiger partial charge on any atom is 0.311 e. The van der Waals surface area contributed by atoms with E-state index in [1.165, 1.54) is 14.0 Å². The van der Waals surface area contributed by atoms with Gasteiger partial charge in [0.05, 0.1) is 25.2 Å². The number of carbonyl (C=O) groups excluding carboxylic acids is 3. The Hall–Kier alpha value is -2.45. The fraction of sp³-hybridized carbons (Fsp3) is 0.591. The number of ether oxygens (including phenoxy) is 2. The molecule has 3 rings (SSSR count). The van der Waals surface area contributed by atoms with Crippen LogP contribution in [0.5, 0.6) is 0 Å². The number of nitrogens with zero attached hydrogens (tertiary/aromatic N) is 2. The summed E-state index contributed by atoms with van der Waals surface area (Å²) in [4.78, 5) is 40.5. The molecule has 1 atom stereocenters. The molecule has 164 valence electrons. The van der Waals surface area contributed by atoms with Crippen LogP contribution < -0.4 is 5.32 Å². The molecule has 0 aliphatic carbocycles. The zero-order chi connectivity index (χ0) is 21.7. The van der Waals surface area contributed by atoms with E-state index in [0.717, 1.165) is 43.7 Å². The Labute approximate surface area is 177 Å². The van der Waals surface area contributed by atoms with Crippen molar-refractivity contribution in [3.8, 4) is 0 Å². The number of carbonyl (C=O) groups is 3. The minimum atomic E-state index is -0.492. The Morgan fingerprint density at radius 1 is 1.17 bits per heavy atom. The monoisotopic (exact) mass is 417 g/mol. The van der Waals surface area contributed by atoms with Gasteiger partial charge in [0, 0.05) is 52.3 Å². The van der Waals surface area contributed by atoms with E-state index in [1.54, 1.807) is 7.11 Å². The third-order valence-electron chi connectivity index (χ3n) is 6.27. The smallest absolute Gasteiger partial charge is 0.311 e. The number of methoxy groups -OCH3 is 2. The van der Waals surface area contributed by atoms with Gasteiger partial charge in [-0.3, -0.25) is 19.3 Å². The first-order valence-corrected chi connectivity index (χ1v) is 10.4. The molecule has 0 radical (unpaired) electrons. The van der Waals surface area contributed by atoms with Crippen molar-refractivity contribution in [2.24, 2.45) is 5.92 Å². The van der Waals surface area contributed by atoms with Gasteiger partial charge < -0.3 is 19.7 Å². The number of anilines is 1. The van der Waals surface area contributed by atoms with Crippen LogP contribution in [0.1, 0.15) is 31.7 Å². The van der Waals surface area contributed by atoms with Gasteiger partial charge in [0.1, 0.15) is 0 Å². The topological polar surface area (TPSA) is 88.2 Å². The van der Waals surface area contributed by atoms with Gasteiger partial charge in [-0.25, -0.2) is 0 Å². The Balaban J connectivity index is 1.67. The van der Waals surface area contributed by atoms with E-state index in [9.17, 15) is 14.4 Å². The summed E-state index contributed by atoms with van der Waals surface area (Å²) < 4.78 is 10.2. The summed E-state index contributed by atoms with van der Waals surface area (Å²) >= 11 is 0. The van der Waals surface area contributed by atoms with Gasteiger partial charge in [-0.1, -0.05) is 12.1 Å². The highest BCUT2D eigenvalue weighted by atomic mass is 16.5. The standard InChI is InChI=1S/C22H31N3O5/c1-16(26)23-18-6-4-17(5-7-18)15-24-10-8-22(9-11-24)19(21(28)30-3)14-20(27)25(22)12-13-29-2/h4-7,19H,8-15H2,1-3H3,(H,23,26). The van der Waals surface area contributed by atoms with Crippen molar-refractivity contribution in [1.82, 2.24) is 9.80 Å². The first kappa shape index (κ1) is 22.2. The maximum absolute atomic E-state index is 12.7. The summed E-state index contributed by atoms with van der Waals surface area (Å²) in [6, 6.07) is 7.82. The molecular formula is C22H31N3O5. The molecule has 30 heavy (non-hydrogen) atoms. The molecule has 8 heteroatoms. The normalized spacial score (nSPS) is 21.1. The fourth-order valence-electron chi connectivity index (χ4n) is 4.76. The third-order valence-corrected chi connectivity index (χ3v) is 6.27. The minimum absolute atomic E-state index is 0.00413. The quantitative estimate of drug-likeness (QED) is 0.679. The lowest BCUT2D eigenvalue weighted by atomic mass is 9.76. The first-order valence-electron chi connectivity index (χ1n) is 10.4. The van der Waals surface area contributed by atoms with Crippen molar-refractivity contribution in [3.05, 3.63) is 29.8 Å². The maximum atomic E-state index is 12.7. The van der Waals surface area contributed by atoms with E-state index >= 15 is 0 Å². The lowest BCUT2D eigenvalue weighted by molar-refractivity contribution is -0.150. The van der Waals surface area contributed by atoms with Crippen LogP contribution in [0.4, 0.5) is 5.69 Å². The van der Waals surface area contributed by atoms with E-state index < -0.39 is 11.5 Å². The van der Waals surface area contributed by atoms with Crippen LogP contribution in [0.25, 0.3) is 0 Å². The highest BCUT2D eigenvalue weighted by Gasteiger charge is 2.56. The summed E-state index contributed by atoms with van der Waals surface area (Å²) in [5.41, 5.74) is 1.44. The predicted octanol–water partition coefficient (Wildman–Crippen LogP) is 1.65. The second-order valence-corrected chi connectivity index (χ2v) is 8.08. The van der Waals surface area contributed by atoms with Crippen LogP contribution in [0, 0.1) is 5.92 Å². The van der Waals surface area contributed by atoms with E-state index in [0.29, 0.717) is 13.2 Å². The summed E-state index contributed by atoms with van der Waals surface area (Å²) in [5.74, 6) is -0.811. The molecule has 1 aromatic rings. The number of piperidine rings is 1. The van der Waals surface area contributed by atoms with Crippen LogP contribution in [0.3, 0.4) is 0 Å². The van der Waals surface area contributed by atoms with Crippen LogP contribution in [0.15, 0.2) is 24.3 Å². The number of likely N-dealkylation sites (tertiary alicyclic amines) is 2. The highest BCUT2D eigenvalue weighted by Crippen LogP contribution is 2.44. The number of benzene rings is 1. The molecule has 1 aromatic carbocycles. The van der Waals surface area contributed by atoms with Crippen LogP contribution in [0.2, 0.25) is 0 Å². The molecule has 1 spiro atoms. The van der Waals surface area contributed by atoms with Crippen molar-refractivity contribution in [1.29, 1.82) is 0 Å². The summed E-state index contributed by atoms with van der Waals surface area (Å²) in [7, 11) is 3.00. The number of rotatable bonds is 7. The zero-order valence-corrected chi connectivity index (χ0v) is 18.0. The summed E-state index contributed by atoms with van der Waals surface area (Å²) in [6.07, 6.45) is 1.67. The molecule has 2 amide bonds. The molecule has 0 aromatic heterocycles.